The van der Waals surface area contributed by atoms with Gasteiger partial charge in [0.2, 0.25) is 21.7 Å². The summed E-state index contributed by atoms with van der Waals surface area (Å²) in [6.45, 7) is 2.25. The molecule has 2 unspecified atom stereocenters. The molecule has 2 fully saturated rings. The second-order valence-corrected chi connectivity index (χ2v) is 9.44. The highest BCUT2D eigenvalue weighted by Crippen LogP contribution is 2.37. The third kappa shape index (κ3) is 3.93. The van der Waals surface area contributed by atoms with Crippen molar-refractivity contribution < 1.29 is 12.9 Å². The number of nitrogens with one attached hydrogen (secondary N) is 1. The number of hydrogen-bond acceptors (Lipinski definition) is 6. The molecule has 0 radical (unpaired) electrons. The molecule has 140 valence electrons. The van der Waals surface area contributed by atoms with Crippen molar-refractivity contribution in [2.45, 2.75) is 25.4 Å². The van der Waals surface area contributed by atoms with Gasteiger partial charge in [-0.05, 0) is 48.9 Å². The Bertz CT molecular complexity index is 870. The fraction of sp³-hybridized carbons (Fsp3) is 0.529. The summed E-state index contributed by atoms with van der Waals surface area (Å²) in [5, 5.41) is 4.72. The van der Waals surface area contributed by atoms with Crippen LogP contribution in [0.3, 0.4) is 0 Å². The van der Waals surface area contributed by atoms with Crippen LogP contribution in [0.2, 0.25) is 5.02 Å². The Balaban J connectivity index is 1.41. The molecule has 1 N–H and O–H groups in total. The Hall–Kier alpha value is -1.48. The van der Waals surface area contributed by atoms with Gasteiger partial charge in [-0.2, -0.15) is 4.98 Å². The first-order chi connectivity index (χ1) is 12.4. The monoisotopic (exact) mass is 396 g/mol. The highest BCUT2D eigenvalue weighted by molar-refractivity contribution is 7.88. The van der Waals surface area contributed by atoms with Crippen LogP contribution in [-0.4, -0.2) is 48.8 Å². The van der Waals surface area contributed by atoms with E-state index in [1.54, 1.807) is 12.1 Å². The van der Waals surface area contributed by atoms with Crippen LogP contribution in [0.1, 0.15) is 18.7 Å². The van der Waals surface area contributed by atoms with Gasteiger partial charge in [0.25, 0.3) is 0 Å². The molecular weight excluding hydrogens is 376 g/mol. The summed E-state index contributed by atoms with van der Waals surface area (Å²) in [5.41, 5.74) is 0.862. The average Bonchev–Trinajstić information content (AvgIpc) is 3.09. The lowest BCUT2D eigenvalue weighted by Crippen LogP contribution is -2.52. The molecule has 26 heavy (non-hydrogen) atoms. The molecule has 2 atom stereocenters. The number of benzene rings is 1. The summed E-state index contributed by atoms with van der Waals surface area (Å²) in [6.07, 6.45) is 3.33. The van der Waals surface area contributed by atoms with E-state index in [1.165, 1.54) is 6.26 Å². The van der Waals surface area contributed by atoms with E-state index in [2.05, 4.69) is 19.8 Å². The number of likely N-dealkylation sites (tertiary alicyclic amines) is 1. The van der Waals surface area contributed by atoms with Gasteiger partial charge in [-0.1, -0.05) is 16.8 Å². The molecule has 2 heterocycles. The Morgan fingerprint density at radius 1 is 1.23 bits per heavy atom. The first kappa shape index (κ1) is 17.9. The van der Waals surface area contributed by atoms with Crippen molar-refractivity contribution in [1.29, 1.82) is 0 Å². The number of hydrogen-bond donors (Lipinski definition) is 1. The van der Waals surface area contributed by atoms with Gasteiger partial charge in [-0.25, -0.2) is 13.1 Å². The van der Waals surface area contributed by atoms with Crippen molar-refractivity contribution >= 4 is 21.6 Å². The van der Waals surface area contributed by atoms with Crippen LogP contribution >= 0.6 is 11.6 Å². The summed E-state index contributed by atoms with van der Waals surface area (Å²) in [7, 11) is -3.18. The molecule has 1 aromatic heterocycles. The predicted octanol–water partition coefficient (Wildman–Crippen LogP) is 2.15. The fourth-order valence-corrected chi connectivity index (χ4v) is 5.12. The standard InChI is InChI=1S/C17H21ClN4O3S/c1-26(23,24)21-16-12-2-3-13(16)9-22(8-12)10-15-19-17(20-25-15)11-4-6-14(18)7-5-11/h4-7,12-13,16,21H,2-3,8-10H2,1H3. The topological polar surface area (TPSA) is 88.3 Å². The summed E-state index contributed by atoms with van der Waals surface area (Å²) in [4.78, 5) is 6.76. The Labute approximate surface area is 157 Å². The van der Waals surface area contributed by atoms with Gasteiger partial charge in [-0.15, -0.1) is 0 Å². The van der Waals surface area contributed by atoms with Crippen LogP contribution < -0.4 is 4.72 Å². The van der Waals surface area contributed by atoms with E-state index in [-0.39, 0.29) is 6.04 Å². The quantitative estimate of drug-likeness (QED) is 0.833. The maximum absolute atomic E-state index is 11.6. The minimum atomic E-state index is -3.18. The van der Waals surface area contributed by atoms with Crippen molar-refractivity contribution in [3.05, 3.63) is 35.2 Å². The molecule has 2 aliphatic rings. The molecule has 1 saturated carbocycles. The predicted molar refractivity (Wildman–Crippen MR) is 98.0 cm³/mol. The second-order valence-electron chi connectivity index (χ2n) is 7.23. The number of sulfonamides is 1. The highest BCUT2D eigenvalue weighted by Gasteiger charge is 2.43. The molecular formula is C17H21ClN4O3S. The van der Waals surface area contributed by atoms with E-state index >= 15 is 0 Å². The molecule has 0 amide bonds. The first-order valence-corrected chi connectivity index (χ1v) is 10.9. The lowest BCUT2D eigenvalue weighted by molar-refractivity contribution is 0.120. The number of piperidine rings is 1. The SMILES string of the molecule is CS(=O)(=O)NC1C2CCC1CN(Cc1nc(-c3ccc(Cl)cc3)no1)C2. The first-order valence-electron chi connectivity index (χ1n) is 8.65. The van der Waals surface area contributed by atoms with Gasteiger partial charge in [0.15, 0.2) is 0 Å². The Morgan fingerprint density at radius 2 is 1.88 bits per heavy atom. The van der Waals surface area contributed by atoms with Crippen LogP contribution in [0.15, 0.2) is 28.8 Å². The Kier molecular flexibility index (Phi) is 4.77. The number of rotatable bonds is 5. The maximum Gasteiger partial charge on any atom is 0.241 e. The van der Waals surface area contributed by atoms with E-state index in [1.807, 2.05) is 12.1 Å². The van der Waals surface area contributed by atoms with Crippen LogP contribution in [0.25, 0.3) is 11.4 Å². The zero-order valence-electron chi connectivity index (χ0n) is 14.4. The molecule has 7 nitrogen and oxygen atoms in total. The van der Waals surface area contributed by atoms with Crippen LogP contribution in [0, 0.1) is 11.8 Å². The van der Waals surface area contributed by atoms with Gasteiger partial charge >= 0.3 is 0 Å². The van der Waals surface area contributed by atoms with Gasteiger partial charge in [0.1, 0.15) is 0 Å². The summed E-state index contributed by atoms with van der Waals surface area (Å²) >= 11 is 5.90. The number of aromatic nitrogens is 2. The van der Waals surface area contributed by atoms with Crippen LogP contribution in [0.4, 0.5) is 0 Å². The van der Waals surface area contributed by atoms with Crippen molar-refractivity contribution in [1.82, 2.24) is 19.8 Å². The van der Waals surface area contributed by atoms with Gasteiger partial charge < -0.3 is 4.52 Å². The molecule has 2 aromatic rings. The van der Waals surface area contributed by atoms with E-state index in [4.69, 9.17) is 16.1 Å². The van der Waals surface area contributed by atoms with E-state index in [9.17, 15) is 8.42 Å². The summed E-state index contributed by atoms with van der Waals surface area (Å²) in [6, 6.07) is 7.36. The van der Waals surface area contributed by atoms with E-state index in [0.29, 0.717) is 35.1 Å². The van der Waals surface area contributed by atoms with Gasteiger partial charge in [0, 0.05) is 29.7 Å². The molecule has 1 aromatic carbocycles. The van der Waals surface area contributed by atoms with E-state index < -0.39 is 10.0 Å². The van der Waals surface area contributed by atoms with Gasteiger partial charge in [-0.3, -0.25) is 4.90 Å². The lowest BCUT2D eigenvalue weighted by Gasteiger charge is -2.37. The molecule has 9 heteroatoms. The third-order valence-corrected chi connectivity index (χ3v) is 6.14. The largest absolute Gasteiger partial charge is 0.338 e. The molecule has 1 aliphatic carbocycles. The van der Waals surface area contributed by atoms with Crippen molar-refractivity contribution in [2.24, 2.45) is 11.8 Å². The molecule has 4 rings (SSSR count). The van der Waals surface area contributed by atoms with Crippen LogP contribution in [-0.2, 0) is 16.6 Å². The minimum Gasteiger partial charge on any atom is -0.338 e. The average molecular weight is 397 g/mol. The lowest BCUT2D eigenvalue weighted by atomic mass is 9.93. The normalized spacial score (nSPS) is 26.3. The number of halogens is 1. The molecule has 0 spiro atoms. The van der Waals surface area contributed by atoms with Crippen molar-refractivity contribution in [3.8, 4) is 11.4 Å². The maximum atomic E-state index is 11.6. The highest BCUT2D eigenvalue weighted by atomic mass is 35.5. The second kappa shape index (κ2) is 6.92. The smallest absolute Gasteiger partial charge is 0.241 e. The number of nitrogens with zero attached hydrogens (tertiary/aromatic N) is 3. The zero-order valence-corrected chi connectivity index (χ0v) is 16.0. The van der Waals surface area contributed by atoms with Crippen molar-refractivity contribution in [3.63, 3.8) is 0 Å². The summed E-state index contributed by atoms with van der Waals surface area (Å²) < 4.78 is 31.4. The molecule has 1 aliphatic heterocycles. The molecule has 2 bridgehead atoms. The van der Waals surface area contributed by atoms with Crippen molar-refractivity contribution in [2.75, 3.05) is 19.3 Å². The fourth-order valence-electron chi connectivity index (χ4n) is 4.12. The van der Waals surface area contributed by atoms with E-state index in [0.717, 1.165) is 31.5 Å². The summed E-state index contributed by atoms with van der Waals surface area (Å²) in [5.74, 6) is 1.79. The van der Waals surface area contributed by atoms with Gasteiger partial charge in [0.05, 0.1) is 12.8 Å². The molecule has 1 saturated heterocycles. The minimum absolute atomic E-state index is 0.0496. The third-order valence-electron chi connectivity index (χ3n) is 5.19. The Morgan fingerprint density at radius 3 is 2.50 bits per heavy atom. The van der Waals surface area contributed by atoms with Crippen LogP contribution in [0.5, 0.6) is 0 Å². The zero-order chi connectivity index (χ0) is 18.3. The number of fused-ring (bicyclic) bond motifs is 2.